The van der Waals surface area contributed by atoms with Crippen molar-refractivity contribution in [3.63, 3.8) is 0 Å². The van der Waals surface area contributed by atoms with Crippen molar-refractivity contribution in [2.24, 2.45) is 5.73 Å². The molecule has 0 saturated carbocycles. The molecule has 0 radical (unpaired) electrons. The molecule has 0 saturated heterocycles. The number of nitrogens with two attached hydrogens (primary N) is 1. The van der Waals surface area contributed by atoms with Gasteiger partial charge in [-0.25, -0.2) is 4.79 Å². The van der Waals surface area contributed by atoms with Gasteiger partial charge < -0.3 is 15.8 Å². The maximum absolute atomic E-state index is 11.9. The fourth-order valence-electron chi connectivity index (χ4n) is 4.28. The van der Waals surface area contributed by atoms with Crippen molar-refractivity contribution in [2.75, 3.05) is 11.9 Å². The number of carbonyl (C=O) groups excluding carboxylic acids is 1. The van der Waals surface area contributed by atoms with Gasteiger partial charge in [0.2, 0.25) is 0 Å². The highest BCUT2D eigenvalue weighted by atomic mass is 32.1. The number of hydrogen-bond acceptors (Lipinski definition) is 4. The molecular weight excluding hydrogens is 440 g/mol. The lowest BCUT2D eigenvalue weighted by molar-refractivity contribution is 0.0526. The molecular formula is C29H30N2O2S. The lowest BCUT2D eigenvalue weighted by Crippen LogP contribution is -2.23. The predicted octanol–water partition coefficient (Wildman–Crippen LogP) is 6.22. The Morgan fingerprint density at radius 1 is 1.03 bits per heavy atom. The van der Waals surface area contributed by atoms with Crippen LogP contribution in [0.5, 0.6) is 0 Å². The van der Waals surface area contributed by atoms with Gasteiger partial charge >= 0.3 is 5.97 Å². The van der Waals surface area contributed by atoms with Crippen LogP contribution in [0.3, 0.4) is 0 Å². The smallest absolute Gasteiger partial charge is 0.338 e. The van der Waals surface area contributed by atoms with Gasteiger partial charge in [0.05, 0.1) is 12.2 Å². The van der Waals surface area contributed by atoms with E-state index >= 15 is 0 Å². The van der Waals surface area contributed by atoms with E-state index in [-0.39, 0.29) is 11.4 Å². The SMILES string of the molecule is CCOC(=O)c1ccc(NC(=S)c2ccc3c(c2)C(c2ccc(CN)cc2)=CCC3(C)C)cc1. The van der Waals surface area contributed by atoms with Crippen LogP contribution < -0.4 is 11.1 Å². The van der Waals surface area contributed by atoms with E-state index in [9.17, 15) is 4.79 Å². The molecule has 0 atom stereocenters. The zero-order chi connectivity index (χ0) is 24.3. The van der Waals surface area contributed by atoms with E-state index < -0.39 is 0 Å². The molecule has 34 heavy (non-hydrogen) atoms. The molecule has 3 aromatic carbocycles. The molecule has 5 heteroatoms. The minimum absolute atomic E-state index is 0.0482. The number of carbonyl (C=O) groups is 1. The number of benzene rings is 3. The molecule has 0 fully saturated rings. The highest BCUT2D eigenvalue weighted by molar-refractivity contribution is 7.81. The Labute approximate surface area is 206 Å². The second-order valence-electron chi connectivity index (χ2n) is 9.12. The first kappa shape index (κ1) is 23.9. The van der Waals surface area contributed by atoms with Gasteiger partial charge in [0.25, 0.3) is 0 Å². The average molecular weight is 471 g/mol. The fourth-order valence-corrected chi connectivity index (χ4v) is 4.52. The Kier molecular flexibility index (Phi) is 6.96. The molecule has 0 aliphatic heterocycles. The number of ether oxygens (including phenoxy) is 1. The summed E-state index contributed by atoms with van der Waals surface area (Å²) < 4.78 is 5.05. The minimum Gasteiger partial charge on any atom is -0.462 e. The van der Waals surface area contributed by atoms with Crippen molar-refractivity contribution in [1.82, 2.24) is 0 Å². The van der Waals surface area contributed by atoms with Gasteiger partial charge in [-0.3, -0.25) is 0 Å². The highest BCUT2D eigenvalue weighted by Crippen LogP contribution is 2.41. The lowest BCUT2D eigenvalue weighted by atomic mass is 9.72. The van der Waals surface area contributed by atoms with Crippen molar-refractivity contribution in [3.05, 3.63) is 106 Å². The third-order valence-corrected chi connectivity index (χ3v) is 6.61. The van der Waals surface area contributed by atoms with Crippen LogP contribution in [-0.4, -0.2) is 17.6 Å². The summed E-state index contributed by atoms with van der Waals surface area (Å²) in [5, 5.41) is 3.30. The molecule has 4 rings (SSSR count). The molecule has 0 heterocycles. The van der Waals surface area contributed by atoms with Gasteiger partial charge in [-0.1, -0.05) is 68.5 Å². The van der Waals surface area contributed by atoms with Crippen LogP contribution in [-0.2, 0) is 16.7 Å². The molecule has 0 aromatic heterocycles. The number of allylic oxidation sites excluding steroid dienone is 1. The molecule has 0 spiro atoms. The Bertz CT molecular complexity index is 1240. The van der Waals surface area contributed by atoms with E-state index in [2.05, 4.69) is 67.7 Å². The maximum atomic E-state index is 11.9. The van der Waals surface area contributed by atoms with Crippen LogP contribution in [0.15, 0.2) is 72.8 Å². The van der Waals surface area contributed by atoms with Crippen molar-refractivity contribution in [2.45, 2.75) is 39.2 Å². The number of anilines is 1. The zero-order valence-electron chi connectivity index (χ0n) is 19.9. The standard InChI is InChI=1S/C29H30N2O2S/c1-4-33-28(32)21-9-12-23(13-10-21)31-27(34)22-11-14-26-25(17-22)24(15-16-29(26,2)3)20-7-5-19(18-30)6-8-20/h5-15,17H,4,16,18,30H2,1-3H3,(H,31,34). The number of hydrogen-bond donors (Lipinski definition) is 2. The van der Waals surface area contributed by atoms with Crippen LogP contribution >= 0.6 is 12.2 Å². The first-order valence-corrected chi connectivity index (χ1v) is 12.0. The second-order valence-corrected chi connectivity index (χ2v) is 9.53. The number of nitrogens with one attached hydrogen (secondary N) is 1. The normalized spacial score (nSPS) is 14.1. The van der Waals surface area contributed by atoms with Crippen molar-refractivity contribution in [1.29, 1.82) is 0 Å². The zero-order valence-corrected chi connectivity index (χ0v) is 20.7. The average Bonchev–Trinajstić information content (AvgIpc) is 2.84. The first-order chi connectivity index (χ1) is 16.3. The van der Waals surface area contributed by atoms with E-state index in [0.717, 1.165) is 23.2 Å². The van der Waals surface area contributed by atoms with Gasteiger partial charge in [0.15, 0.2) is 0 Å². The van der Waals surface area contributed by atoms with Crippen LogP contribution in [0.25, 0.3) is 5.57 Å². The molecule has 0 unspecified atom stereocenters. The summed E-state index contributed by atoms with van der Waals surface area (Å²) in [6.07, 6.45) is 3.30. The first-order valence-electron chi connectivity index (χ1n) is 11.6. The van der Waals surface area contributed by atoms with Crippen LogP contribution in [0, 0.1) is 0 Å². The summed E-state index contributed by atoms with van der Waals surface area (Å²) >= 11 is 5.74. The van der Waals surface area contributed by atoms with Crippen molar-refractivity contribution >= 4 is 34.4 Å². The number of esters is 1. The highest BCUT2D eigenvalue weighted by Gasteiger charge is 2.29. The second kappa shape index (κ2) is 9.92. The van der Waals surface area contributed by atoms with Crippen LogP contribution in [0.1, 0.15) is 65.4 Å². The molecule has 4 nitrogen and oxygen atoms in total. The van der Waals surface area contributed by atoms with E-state index in [1.165, 1.54) is 22.3 Å². The Hall–Kier alpha value is -3.28. The number of rotatable bonds is 6. The minimum atomic E-state index is -0.326. The Balaban J connectivity index is 1.61. The van der Waals surface area contributed by atoms with Gasteiger partial charge in [-0.2, -0.15) is 0 Å². The Morgan fingerprint density at radius 2 is 1.71 bits per heavy atom. The summed E-state index contributed by atoms with van der Waals surface area (Å²) in [6, 6.07) is 22.1. The largest absolute Gasteiger partial charge is 0.462 e. The molecule has 0 bridgehead atoms. The maximum Gasteiger partial charge on any atom is 0.338 e. The van der Waals surface area contributed by atoms with Gasteiger partial charge in [0.1, 0.15) is 4.99 Å². The van der Waals surface area contributed by atoms with E-state index in [1.54, 1.807) is 19.1 Å². The monoisotopic (exact) mass is 470 g/mol. The van der Waals surface area contributed by atoms with Gasteiger partial charge in [-0.05, 0) is 76.9 Å². The molecule has 3 N–H and O–H groups in total. The topological polar surface area (TPSA) is 64.3 Å². The summed E-state index contributed by atoms with van der Waals surface area (Å²) in [4.78, 5) is 12.5. The van der Waals surface area contributed by atoms with Crippen molar-refractivity contribution < 1.29 is 9.53 Å². The van der Waals surface area contributed by atoms with Gasteiger partial charge in [0, 0.05) is 17.8 Å². The molecule has 0 amide bonds. The summed E-state index contributed by atoms with van der Waals surface area (Å²) in [5.41, 5.74) is 14.2. The van der Waals surface area contributed by atoms with E-state index in [4.69, 9.17) is 22.7 Å². The summed E-state index contributed by atoms with van der Waals surface area (Å²) in [5.74, 6) is -0.326. The molecule has 3 aromatic rings. The third-order valence-electron chi connectivity index (χ3n) is 6.27. The van der Waals surface area contributed by atoms with E-state index in [1.807, 2.05) is 12.1 Å². The number of fused-ring (bicyclic) bond motifs is 1. The fraction of sp³-hybridized carbons (Fsp3) is 0.241. The number of thiocarbonyl (C=S) groups is 1. The third kappa shape index (κ3) is 4.96. The molecule has 1 aliphatic carbocycles. The lowest BCUT2D eigenvalue weighted by Gasteiger charge is -2.33. The quantitative estimate of drug-likeness (QED) is 0.331. The Morgan fingerprint density at radius 3 is 2.35 bits per heavy atom. The van der Waals surface area contributed by atoms with Crippen molar-refractivity contribution in [3.8, 4) is 0 Å². The predicted molar refractivity (Wildman–Crippen MR) is 143 cm³/mol. The van der Waals surface area contributed by atoms with Gasteiger partial charge in [-0.15, -0.1) is 0 Å². The van der Waals surface area contributed by atoms with E-state index in [0.29, 0.717) is 23.7 Å². The van der Waals surface area contributed by atoms with Crippen LogP contribution in [0.2, 0.25) is 0 Å². The summed E-state index contributed by atoms with van der Waals surface area (Å²) in [6.45, 7) is 7.23. The summed E-state index contributed by atoms with van der Waals surface area (Å²) in [7, 11) is 0. The molecule has 1 aliphatic rings. The van der Waals surface area contributed by atoms with Crippen LogP contribution in [0.4, 0.5) is 5.69 Å². The molecule has 174 valence electrons.